The van der Waals surface area contributed by atoms with Gasteiger partial charge in [0.1, 0.15) is 0 Å². The van der Waals surface area contributed by atoms with Crippen molar-refractivity contribution in [3.63, 3.8) is 0 Å². The van der Waals surface area contributed by atoms with Crippen LogP contribution in [-0.2, 0) is 17.3 Å². The van der Waals surface area contributed by atoms with E-state index in [1.54, 1.807) is 22.4 Å². The Morgan fingerprint density at radius 1 is 1.15 bits per heavy atom. The summed E-state index contributed by atoms with van der Waals surface area (Å²) in [6.45, 7) is 1.26. The number of rotatable bonds is 3. The molecule has 2 aromatic heterocycles. The van der Waals surface area contributed by atoms with Crippen molar-refractivity contribution < 1.29 is 4.79 Å². The van der Waals surface area contributed by atoms with Crippen molar-refractivity contribution in [1.29, 1.82) is 0 Å². The molecule has 1 aliphatic carbocycles. The van der Waals surface area contributed by atoms with Crippen LogP contribution in [0.2, 0.25) is 0 Å². The Bertz CT molecular complexity index is 1080. The number of imidazole rings is 1. The second-order valence-electron chi connectivity index (χ2n) is 7.70. The molecule has 0 spiro atoms. The first-order chi connectivity index (χ1) is 13.1. The summed E-state index contributed by atoms with van der Waals surface area (Å²) in [5, 5.41) is 0. The Morgan fingerprint density at radius 2 is 1.93 bits per heavy atom. The first-order valence-electron chi connectivity index (χ1n) is 9.49. The third-order valence-corrected chi connectivity index (χ3v) is 6.15. The number of hydrogen-bond donors (Lipinski definition) is 0. The molecule has 1 atom stereocenters. The van der Waals surface area contributed by atoms with Crippen LogP contribution in [-0.4, -0.2) is 38.0 Å². The Hall–Kier alpha value is -2.89. The van der Waals surface area contributed by atoms with Gasteiger partial charge >= 0.3 is 5.69 Å². The highest BCUT2D eigenvalue weighted by Crippen LogP contribution is 2.50. The normalized spacial score (nSPS) is 20.9. The molecule has 1 aromatic carbocycles. The van der Waals surface area contributed by atoms with Crippen LogP contribution < -0.4 is 5.69 Å². The Kier molecular flexibility index (Phi) is 3.50. The molecule has 138 valence electrons. The molecule has 0 N–H and O–H groups in total. The van der Waals surface area contributed by atoms with Crippen LogP contribution in [0.25, 0.3) is 11.2 Å². The maximum atomic E-state index is 13.3. The van der Waals surface area contributed by atoms with E-state index in [9.17, 15) is 9.59 Å². The molecule has 1 amide bonds. The predicted molar refractivity (Wildman–Crippen MR) is 103 cm³/mol. The summed E-state index contributed by atoms with van der Waals surface area (Å²) in [5.74, 6) is 0.206. The van der Waals surface area contributed by atoms with Crippen LogP contribution in [0.1, 0.15) is 30.9 Å². The lowest BCUT2D eigenvalue weighted by Crippen LogP contribution is -2.38. The number of nitrogens with zero attached hydrogens (tertiary/aromatic N) is 4. The highest BCUT2D eigenvalue weighted by Gasteiger charge is 2.53. The third-order valence-electron chi connectivity index (χ3n) is 6.15. The monoisotopic (exact) mass is 362 g/mol. The van der Waals surface area contributed by atoms with Gasteiger partial charge in [-0.3, -0.25) is 13.9 Å². The van der Waals surface area contributed by atoms with Gasteiger partial charge in [-0.15, -0.1) is 0 Å². The average molecular weight is 362 g/mol. The fourth-order valence-electron chi connectivity index (χ4n) is 4.47. The van der Waals surface area contributed by atoms with E-state index in [-0.39, 0.29) is 23.1 Å². The fourth-order valence-corrected chi connectivity index (χ4v) is 4.47. The van der Waals surface area contributed by atoms with Gasteiger partial charge in [0.05, 0.1) is 17.0 Å². The van der Waals surface area contributed by atoms with Crippen LogP contribution in [0.4, 0.5) is 0 Å². The van der Waals surface area contributed by atoms with E-state index < -0.39 is 0 Å². The van der Waals surface area contributed by atoms with E-state index in [1.165, 1.54) is 0 Å². The SMILES string of the molecule is Cn1c(=O)n([C@@H]2CCN(C(=O)C3(c4ccccc4)CC3)C2)c2ncccc21. The van der Waals surface area contributed by atoms with E-state index in [0.29, 0.717) is 18.7 Å². The summed E-state index contributed by atoms with van der Waals surface area (Å²) in [6.07, 6.45) is 4.32. The number of hydrogen-bond acceptors (Lipinski definition) is 3. The number of carbonyl (C=O) groups excluding carboxylic acids is 1. The number of fused-ring (bicyclic) bond motifs is 1. The number of amides is 1. The van der Waals surface area contributed by atoms with Gasteiger partial charge in [-0.2, -0.15) is 0 Å². The minimum Gasteiger partial charge on any atom is -0.340 e. The van der Waals surface area contributed by atoms with Crippen molar-refractivity contribution in [1.82, 2.24) is 19.0 Å². The molecule has 0 radical (unpaired) electrons. The molecule has 3 heterocycles. The molecule has 0 unspecified atom stereocenters. The molecule has 1 saturated carbocycles. The van der Waals surface area contributed by atoms with Gasteiger partial charge in [0.2, 0.25) is 5.91 Å². The summed E-state index contributed by atoms with van der Waals surface area (Å²) >= 11 is 0. The average Bonchev–Trinajstić information content (AvgIpc) is 3.32. The number of benzene rings is 1. The Morgan fingerprint density at radius 3 is 2.67 bits per heavy atom. The zero-order valence-electron chi connectivity index (χ0n) is 15.3. The molecule has 2 aliphatic rings. The van der Waals surface area contributed by atoms with E-state index in [2.05, 4.69) is 17.1 Å². The van der Waals surface area contributed by atoms with E-state index in [4.69, 9.17) is 0 Å². The maximum absolute atomic E-state index is 13.3. The summed E-state index contributed by atoms with van der Waals surface area (Å²) in [7, 11) is 1.77. The number of pyridine rings is 1. The second kappa shape index (κ2) is 5.81. The summed E-state index contributed by atoms with van der Waals surface area (Å²) < 4.78 is 3.41. The van der Waals surface area contributed by atoms with E-state index >= 15 is 0 Å². The zero-order valence-corrected chi connectivity index (χ0v) is 15.3. The zero-order chi connectivity index (χ0) is 18.6. The molecule has 6 heteroatoms. The number of carbonyl (C=O) groups is 1. The van der Waals surface area contributed by atoms with Crippen LogP contribution in [0.15, 0.2) is 53.5 Å². The predicted octanol–water partition coefficient (Wildman–Crippen LogP) is 2.24. The van der Waals surface area contributed by atoms with Gasteiger partial charge in [-0.25, -0.2) is 9.78 Å². The lowest BCUT2D eigenvalue weighted by molar-refractivity contribution is -0.133. The standard InChI is InChI=1S/C21H22N4O2/c1-23-17-8-5-12-22-18(17)25(20(23)27)16-9-13-24(14-16)19(26)21(10-11-21)15-6-3-2-4-7-15/h2-8,12,16H,9-11,13-14H2,1H3/t16-/m1/s1. The molecule has 3 aromatic rings. The molecule has 2 fully saturated rings. The fraction of sp³-hybridized carbons (Fsp3) is 0.381. The Balaban J connectivity index is 1.44. The molecular formula is C21H22N4O2. The first-order valence-corrected chi connectivity index (χ1v) is 9.49. The number of aryl methyl sites for hydroxylation is 1. The number of likely N-dealkylation sites (tertiary alicyclic amines) is 1. The van der Waals surface area contributed by atoms with Gasteiger partial charge in [0.15, 0.2) is 5.65 Å². The topological polar surface area (TPSA) is 60.1 Å². The second-order valence-corrected chi connectivity index (χ2v) is 7.70. The molecule has 1 aliphatic heterocycles. The molecular weight excluding hydrogens is 340 g/mol. The van der Waals surface area contributed by atoms with Gasteiger partial charge < -0.3 is 4.90 Å². The largest absolute Gasteiger partial charge is 0.340 e. The summed E-state index contributed by atoms with van der Waals surface area (Å²) in [6, 6.07) is 13.8. The quantitative estimate of drug-likeness (QED) is 0.718. The Labute approximate surface area is 157 Å². The van der Waals surface area contributed by atoms with Gasteiger partial charge in [0, 0.05) is 26.3 Å². The minimum absolute atomic E-state index is 0.0216. The van der Waals surface area contributed by atoms with Crippen molar-refractivity contribution in [2.75, 3.05) is 13.1 Å². The van der Waals surface area contributed by atoms with Crippen molar-refractivity contribution in [3.8, 4) is 0 Å². The molecule has 1 saturated heterocycles. The van der Waals surface area contributed by atoms with Gasteiger partial charge in [0.25, 0.3) is 0 Å². The number of aromatic nitrogens is 3. The maximum Gasteiger partial charge on any atom is 0.330 e. The third kappa shape index (κ3) is 2.36. The highest BCUT2D eigenvalue weighted by molar-refractivity contribution is 5.91. The lowest BCUT2D eigenvalue weighted by Gasteiger charge is -2.23. The smallest absolute Gasteiger partial charge is 0.330 e. The summed E-state index contributed by atoms with van der Waals surface area (Å²) in [4.78, 5) is 32.4. The minimum atomic E-state index is -0.349. The molecule has 6 nitrogen and oxygen atoms in total. The van der Waals surface area contributed by atoms with E-state index in [1.807, 2.05) is 35.2 Å². The van der Waals surface area contributed by atoms with Crippen LogP contribution in [0, 0.1) is 0 Å². The van der Waals surface area contributed by atoms with Crippen molar-refractivity contribution in [2.24, 2.45) is 7.05 Å². The van der Waals surface area contributed by atoms with Gasteiger partial charge in [-0.05, 0) is 37.0 Å². The highest BCUT2D eigenvalue weighted by atomic mass is 16.2. The molecule has 27 heavy (non-hydrogen) atoms. The van der Waals surface area contributed by atoms with Crippen molar-refractivity contribution >= 4 is 17.1 Å². The first kappa shape index (κ1) is 16.3. The molecule has 5 rings (SSSR count). The van der Waals surface area contributed by atoms with Gasteiger partial charge in [-0.1, -0.05) is 30.3 Å². The summed E-state index contributed by atoms with van der Waals surface area (Å²) in [5.41, 5.74) is 2.23. The molecule has 0 bridgehead atoms. The van der Waals surface area contributed by atoms with E-state index in [0.717, 1.165) is 30.3 Å². The van der Waals surface area contributed by atoms with Crippen LogP contribution in [0.3, 0.4) is 0 Å². The van der Waals surface area contributed by atoms with Crippen molar-refractivity contribution in [2.45, 2.75) is 30.7 Å². The van der Waals surface area contributed by atoms with Crippen molar-refractivity contribution in [3.05, 3.63) is 64.7 Å². The van der Waals surface area contributed by atoms with Crippen LogP contribution in [0.5, 0.6) is 0 Å². The lowest BCUT2D eigenvalue weighted by atomic mass is 9.94. The van der Waals surface area contributed by atoms with Crippen LogP contribution >= 0.6 is 0 Å².